The van der Waals surface area contributed by atoms with E-state index in [0.717, 1.165) is 60.0 Å². The number of carbonyl (C=O) groups excluding carboxylic acids is 1. The fourth-order valence-electron chi connectivity index (χ4n) is 4.16. The predicted octanol–water partition coefficient (Wildman–Crippen LogP) is 4.00. The molecule has 3 aromatic rings. The van der Waals surface area contributed by atoms with Gasteiger partial charge in [0.05, 0.1) is 19.2 Å². The first-order valence-electron chi connectivity index (χ1n) is 11.5. The number of hydrogen-bond acceptors (Lipinski definition) is 6. The monoisotopic (exact) mass is 445 g/mol. The smallest absolute Gasteiger partial charge is 0.225 e. The van der Waals surface area contributed by atoms with Gasteiger partial charge in [0.25, 0.3) is 0 Å². The second kappa shape index (κ2) is 10.4. The van der Waals surface area contributed by atoms with Crippen molar-refractivity contribution in [3.05, 3.63) is 66.2 Å². The van der Waals surface area contributed by atoms with Crippen LogP contribution in [0.5, 0.6) is 5.75 Å². The fourth-order valence-corrected chi connectivity index (χ4v) is 4.16. The van der Waals surface area contributed by atoms with Gasteiger partial charge in [-0.1, -0.05) is 26.0 Å². The Labute approximate surface area is 195 Å². The molecule has 0 unspecified atom stereocenters. The molecule has 0 saturated carbocycles. The molecular formula is C26H31N5O2. The molecule has 7 nitrogen and oxygen atoms in total. The molecule has 2 aromatic heterocycles. The molecule has 1 amide bonds. The van der Waals surface area contributed by atoms with Gasteiger partial charge in [-0.3, -0.25) is 9.78 Å². The lowest BCUT2D eigenvalue weighted by Gasteiger charge is -2.33. The summed E-state index contributed by atoms with van der Waals surface area (Å²) >= 11 is 0. The van der Waals surface area contributed by atoms with E-state index in [9.17, 15) is 4.79 Å². The number of hydrogen-bond donors (Lipinski definition) is 1. The van der Waals surface area contributed by atoms with Crippen molar-refractivity contribution in [3.63, 3.8) is 0 Å². The minimum absolute atomic E-state index is 0.0543. The van der Waals surface area contributed by atoms with Crippen LogP contribution in [0.2, 0.25) is 0 Å². The van der Waals surface area contributed by atoms with Crippen LogP contribution in [0.3, 0.4) is 0 Å². The summed E-state index contributed by atoms with van der Waals surface area (Å²) in [7, 11) is 1.64. The molecule has 0 atom stereocenters. The van der Waals surface area contributed by atoms with Gasteiger partial charge in [0.15, 0.2) is 0 Å². The van der Waals surface area contributed by atoms with Crippen molar-refractivity contribution in [3.8, 4) is 16.9 Å². The second-order valence-corrected chi connectivity index (χ2v) is 8.71. The molecule has 1 fully saturated rings. The molecule has 3 heterocycles. The Balaban J connectivity index is 1.35. The molecule has 0 aliphatic carbocycles. The van der Waals surface area contributed by atoms with E-state index < -0.39 is 0 Å². The Morgan fingerprint density at radius 3 is 2.45 bits per heavy atom. The van der Waals surface area contributed by atoms with Gasteiger partial charge in [-0.25, -0.2) is 9.97 Å². The number of amides is 1. The van der Waals surface area contributed by atoms with Gasteiger partial charge >= 0.3 is 0 Å². The quantitative estimate of drug-likeness (QED) is 0.592. The SMILES string of the molecule is COc1ccc(CC(=O)NC2CCN(c3ncc(-c4ccncc4)c(C(C)C)n3)CC2)cc1. The van der Waals surface area contributed by atoms with E-state index in [1.54, 1.807) is 19.5 Å². The second-order valence-electron chi connectivity index (χ2n) is 8.71. The summed E-state index contributed by atoms with van der Waals surface area (Å²) in [6.45, 7) is 5.95. The van der Waals surface area contributed by atoms with Crippen LogP contribution in [0, 0.1) is 0 Å². The first-order chi connectivity index (χ1) is 16.0. The van der Waals surface area contributed by atoms with Crippen molar-refractivity contribution in [2.24, 2.45) is 0 Å². The Kier molecular flexibility index (Phi) is 7.17. The highest BCUT2D eigenvalue weighted by Gasteiger charge is 2.23. The molecule has 0 spiro atoms. The maximum Gasteiger partial charge on any atom is 0.225 e. The third-order valence-corrected chi connectivity index (χ3v) is 6.01. The molecule has 0 radical (unpaired) electrons. The van der Waals surface area contributed by atoms with Crippen LogP contribution >= 0.6 is 0 Å². The Morgan fingerprint density at radius 2 is 1.82 bits per heavy atom. The van der Waals surface area contributed by atoms with Crippen LogP contribution in [0.15, 0.2) is 55.0 Å². The summed E-state index contributed by atoms with van der Waals surface area (Å²) in [5, 5.41) is 3.18. The molecule has 4 rings (SSSR count). The average Bonchev–Trinajstić information content (AvgIpc) is 2.85. The number of carbonyl (C=O) groups is 1. The van der Waals surface area contributed by atoms with Gasteiger partial charge in [0.2, 0.25) is 11.9 Å². The summed E-state index contributed by atoms with van der Waals surface area (Å²) in [6, 6.07) is 11.8. The lowest BCUT2D eigenvalue weighted by atomic mass is 10.00. The number of nitrogens with zero attached hydrogens (tertiary/aromatic N) is 4. The van der Waals surface area contributed by atoms with Gasteiger partial charge in [-0.15, -0.1) is 0 Å². The van der Waals surface area contributed by atoms with Gasteiger partial charge in [0.1, 0.15) is 5.75 Å². The molecule has 1 aromatic carbocycles. The van der Waals surface area contributed by atoms with E-state index in [-0.39, 0.29) is 17.9 Å². The summed E-state index contributed by atoms with van der Waals surface area (Å²) in [6.07, 6.45) is 7.64. The normalized spacial score (nSPS) is 14.4. The molecule has 1 aliphatic heterocycles. The highest BCUT2D eigenvalue weighted by Crippen LogP contribution is 2.29. The largest absolute Gasteiger partial charge is 0.497 e. The van der Waals surface area contributed by atoms with E-state index in [1.165, 1.54) is 0 Å². The first kappa shape index (κ1) is 22.7. The van der Waals surface area contributed by atoms with E-state index in [1.807, 2.05) is 42.6 Å². The number of aromatic nitrogens is 3. The molecule has 1 N–H and O–H groups in total. The van der Waals surface area contributed by atoms with Crippen LogP contribution in [-0.4, -0.2) is 47.1 Å². The highest BCUT2D eigenvalue weighted by molar-refractivity contribution is 5.79. The molecule has 1 aliphatic rings. The van der Waals surface area contributed by atoms with Crippen LogP contribution in [0.1, 0.15) is 43.9 Å². The van der Waals surface area contributed by atoms with Crippen molar-refractivity contribution in [1.29, 1.82) is 0 Å². The minimum atomic E-state index is 0.0543. The summed E-state index contributed by atoms with van der Waals surface area (Å²) in [5.74, 6) is 1.89. The first-order valence-corrected chi connectivity index (χ1v) is 11.5. The maximum absolute atomic E-state index is 12.5. The highest BCUT2D eigenvalue weighted by atomic mass is 16.5. The Morgan fingerprint density at radius 1 is 1.12 bits per heavy atom. The van der Waals surface area contributed by atoms with E-state index in [0.29, 0.717) is 6.42 Å². The molecule has 33 heavy (non-hydrogen) atoms. The van der Waals surface area contributed by atoms with Crippen LogP contribution in [-0.2, 0) is 11.2 Å². The zero-order valence-corrected chi connectivity index (χ0v) is 19.5. The standard InChI is InChI=1S/C26H31N5O2/c1-18(2)25-23(20-8-12-27-13-9-20)17-28-26(30-25)31-14-10-21(11-15-31)29-24(32)16-19-4-6-22(33-3)7-5-19/h4-9,12-13,17-18,21H,10-11,14-16H2,1-3H3,(H,29,32). The molecule has 0 bridgehead atoms. The van der Waals surface area contributed by atoms with E-state index in [4.69, 9.17) is 9.72 Å². The number of benzene rings is 1. The summed E-state index contributed by atoms with van der Waals surface area (Å²) in [4.78, 5) is 28.4. The van der Waals surface area contributed by atoms with Gasteiger partial charge in [-0.2, -0.15) is 0 Å². The van der Waals surface area contributed by atoms with Crippen molar-refractivity contribution >= 4 is 11.9 Å². The van der Waals surface area contributed by atoms with Crippen LogP contribution < -0.4 is 15.0 Å². The van der Waals surface area contributed by atoms with Crippen molar-refractivity contribution in [2.45, 2.75) is 45.1 Å². The molecule has 172 valence electrons. The number of nitrogens with one attached hydrogen (secondary N) is 1. The van der Waals surface area contributed by atoms with Gasteiger partial charge in [-0.05, 0) is 54.2 Å². The third kappa shape index (κ3) is 5.66. The molecule has 1 saturated heterocycles. The average molecular weight is 446 g/mol. The summed E-state index contributed by atoms with van der Waals surface area (Å²) in [5.41, 5.74) is 4.16. The number of rotatable bonds is 7. The minimum Gasteiger partial charge on any atom is -0.497 e. The number of methoxy groups -OCH3 is 1. The van der Waals surface area contributed by atoms with Crippen molar-refractivity contribution < 1.29 is 9.53 Å². The van der Waals surface area contributed by atoms with E-state index in [2.05, 4.69) is 34.0 Å². The lowest BCUT2D eigenvalue weighted by molar-refractivity contribution is -0.121. The number of piperidine rings is 1. The zero-order valence-electron chi connectivity index (χ0n) is 19.5. The predicted molar refractivity (Wildman–Crippen MR) is 129 cm³/mol. The van der Waals surface area contributed by atoms with Crippen molar-refractivity contribution in [1.82, 2.24) is 20.3 Å². The topological polar surface area (TPSA) is 80.2 Å². The number of pyridine rings is 1. The Bertz CT molecular complexity index is 1060. The van der Waals surface area contributed by atoms with Gasteiger partial charge in [0, 0.05) is 43.3 Å². The molecule has 7 heteroatoms. The zero-order chi connectivity index (χ0) is 23.2. The van der Waals surface area contributed by atoms with Crippen LogP contribution in [0.25, 0.3) is 11.1 Å². The summed E-state index contributed by atoms with van der Waals surface area (Å²) < 4.78 is 5.17. The maximum atomic E-state index is 12.5. The van der Waals surface area contributed by atoms with Crippen molar-refractivity contribution in [2.75, 3.05) is 25.1 Å². The number of ether oxygens (including phenoxy) is 1. The Hall–Kier alpha value is -3.48. The third-order valence-electron chi connectivity index (χ3n) is 6.01. The fraction of sp³-hybridized carbons (Fsp3) is 0.385. The van der Waals surface area contributed by atoms with E-state index >= 15 is 0 Å². The van der Waals surface area contributed by atoms with Crippen LogP contribution in [0.4, 0.5) is 5.95 Å². The lowest BCUT2D eigenvalue weighted by Crippen LogP contribution is -2.45. The number of anilines is 1. The molecular weight excluding hydrogens is 414 g/mol. The van der Waals surface area contributed by atoms with Gasteiger partial charge < -0.3 is 15.0 Å².